The standard InChI is InChI=1S/C42H55N3O8/c1-42(2,38-13-8-21-52-38)53-41(49)43-35(26-29-9-4-3-5-10-29)36(46)28-32(40(48)44-39-34-12-7-6-11-31(34)27-37(39)47)25-30-14-16-33(17-15-30)51-24-20-45-18-22-50-23-19-45/h3-7,9-12,14-17,32,35-39,46-47H,8,13,18-28H2,1-2H3,(H,43,49)(H,44,48)/t32?,35?,36?,37-,38?,39-/m0/s1. The minimum Gasteiger partial charge on any atom is -0.492 e. The predicted molar refractivity (Wildman–Crippen MR) is 201 cm³/mol. The van der Waals surface area contributed by atoms with E-state index in [1.54, 1.807) is 0 Å². The molecule has 286 valence electrons. The molecule has 11 nitrogen and oxygen atoms in total. The van der Waals surface area contributed by atoms with E-state index in [-0.39, 0.29) is 18.4 Å². The number of alkyl carbamates (subject to hydrolysis) is 1. The first kappa shape index (κ1) is 38.7. The molecule has 3 aliphatic rings. The van der Waals surface area contributed by atoms with Crippen molar-refractivity contribution in [2.45, 2.75) is 88.4 Å². The molecule has 4 unspecified atom stereocenters. The molecule has 0 bridgehead atoms. The average molecular weight is 730 g/mol. The zero-order valence-corrected chi connectivity index (χ0v) is 31.0. The van der Waals surface area contributed by atoms with Gasteiger partial charge in [-0.2, -0.15) is 0 Å². The molecule has 53 heavy (non-hydrogen) atoms. The number of benzene rings is 3. The van der Waals surface area contributed by atoms with Crippen LogP contribution in [0.25, 0.3) is 0 Å². The lowest BCUT2D eigenvalue weighted by atomic mass is 9.88. The van der Waals surface area contributed by atoms with Crippen molar-refractivity contribution in [3.8, 4) is 5.75 Å². The number of carbonyl (C=O) groups excluding carboxylic acids is 2. The molecular weight excluding hydrogens is 674 g/mol. The van der Waals surface area contributed by atoms with Gasteiger partial charge in [-0.25, -0.2) is 4.79 Å². The number of ether oxygens (including phenoxy) is 4. The van der Waals surface area contributed by atoms with Crippen LogP contribution in [-0.2, 0) is 38.3 Å². The Bertz CT molecular complexity index is 1610. The number of aliphatic hydroxyl groups is 2. The molecule has 6 rings (SSSR count). The first-order chi connectivity index (χ1) is 25.6. The number of aliphatic hydroxyl groups excluding tert-OH is 2. The highest BCUT2D eigenvalue weighted by Crippen LogP contribution is 2.32. The van der Waals surface area contributed by atoms with Gasteiger partial charge in [0.15, 0.2) is 0 Å². The summed E-state index contributed by atoms with van der Waals surface area (Å²) in [6.07, 6.45) is 0.153. The van der Waals surface area contributed by atoms with Gasteiger partial charge in [0.25, 0.3) is 0 Å². The molecule has 0 radical (unpaired) electrons. The lowest BCUT2D eigenvalue weighted by Crippen LogP contribution is -2.50. The fraction of sp³-hybridized carbons (Fsp3) is 0.524. The average Bonchev–Trinajstić information content (AvgIpc) is 3.82. The second-order valence-electron chi connectivity index (χ2n) is 15.0. The molecule has 2 amide bonds. The summed E-state index contributed by atoms with van der Waals surface area (Å²) in [5, 5.41) is 28.9. The topological polar surface area (TPSA) is 139 Å². The van der Waals surface area contributed by atoms with Crippen molar-refractivity contribution in [2.24, 2.45) is 5.92 Å². The third-order valence-electron chi connectivity index (χ3n) is 10.7. The molecular formula is C42H55N3O8. The Morgan fingerprint density at radius 1 is 0.943 bits per heavy atom. The molecule has 2 aliphatic heterocycles. The van der Waals surface area contributed by atoms with E-state index >= 15 is 0 Å². The number of nitrogens with zero attached hydrogens (tertiary/aromatic N) is 1. The van der Waals surface area contributed by atoms with Crippen LogP contribution in [0.4, 0.5) is 4.79 Å². The van der Waals surface area contributed by atoms with Crippen molar-refractivity contribution >= 4 is 12.0 Å². The Labute approximate surface area is 313 Å². The summed E-state index contributed by atoms with van der Waals surface area (Å²) >= 11 is 0. The first-order valence-corrected chi connectivity index (χ1v) is 19.1. The van der Waals surface area contributed by atoms with Crippen LogP contribution in [0.15, 0.2) is 78.9 Å². The zero-order chi connectivity index (χ0) is 37.2. The number of hydrogen-bond donors (Lipinski definition) is 4. The summed E-state index contributed by atoms with van der Waals surface area (Å²) in [6.45, 7) is 8.96. The number of carbonyl (C=O) groups is 2. The van der Waals surface area contributed by atoms with Gasteiger partial charge in [-0.15, -0.1) is 0 Å². The summed E-state index contributed by atoms with van der Waals surface area (Å²) in [4.78, 5) is 29.9. The largest absolute Gasteiger partial charge is 0.492 e. The summed E-state index contributed by atoms with van der Waals surface area (Å²) < 4.78 is 23.1. The van der Waals surface area contributed by atoms with E-state index < -0.39 is 41.9 Å². The minimum atomic E-state index is -1.10. The fourth-order valence-corrected chi connectivity index (χ4v) is 7.64. The number of amides is 2. The summed E-state index contributed by atoms with van der Waals surface area (Å²) in [6, 6.07) is 23.7. The molecule has 4 N–H and O–H groups in total. The second-order valence-corrected chi connectivity index (χ2v) is 15.0. The Morgan fingerprint density at radius 2 is 1.66 bits per heavy atom. The molecule has 3 aromatic carbocycles. The summed E-state index contributed by atoms with van der Waals surface area (Å²) in [7, 11) is 0. The lowest BCUT2D eigenvalue weighted by molar-refractivity contribution is -0.127. The maximum atomic E-state index is 14.2. The Morgan fingerprint density at radius 3 is 2.40 bits per heavy atom. The van der Waals surface area contributed by atoms with Gasteiger partial charge in [-0.1, -0.05) is 66.7 Å². The highest BCUT2D eigenvalue weighted by atomic mass is 16.6. The van der Waals surface area contributed by atoms with E-state index in [1.807, 2.05) is 92.7 Å². The van der Waals surface area contributed by atoms with E-state index in [2.05, 4.69) is 15.5 Å². The van der Waals surface area contributed by atoms with Crippen LogP contribution in [-0.4, -0.2) is 103 Å². The molecule has 2 fully saturated rings. The first-order valence-electron chi connectivity index (χ1n) is 19.1. The van der Waals surface area contributed by atoms with Gasteiger partial charge in [0, 0.05) is 38.6 Å². The molecule has 6 atom stereocenters. The Kier molecular flexibility index (Phi) is 13.4. The third kappa shape index (κ3) is 10.8. The molecule has 1 aliphatic carbocycles. The number of hydrogen-bond acceptors (Lipinski definition) is 9. The quantitative estimate of drug-likeness (QED) is 0.169. The highest BCUT2D eigenvalue weighted by molar-refractivity contribution is 5.80. The van der Waals surface area contributed by atoms with Crippen LogP contribution in [0, 0.1) is 5.92 Å². The maximum absolute atomic E-state index is 14.2. The minimum absolute atomic E-state index is 0.0566. The van der Waals surface area contributed by atoms with Crippen LogP contribution < -0.4 is 15.4 Å². The highest BCUT2D eigenvalue weighted by Gasteiger charge is 2.38. The van der Waals surface area contributed by atoms with E-state index in [4.69, 9.17) is 18.9 Å². The third-order valence-corrected chi connectivity index (χ3v) is 10.7. The van der Waals surface area contributed by atoms with Gasteiger partial charge in [0.2, 0.25) is 5.91 Å². The van der Waals surface area contributed by atoms with Crippen molar-refractivity contribution in [3.63, 3.8) is 0 Å². The van der Waals surface area contributed by atoms with Crippen molar-refractivity contribution < 1.29 is 38.7 Å². The predicted octanol–water partition coefficient (Wildman–Crippen LogP) is 4.38. The van der Waals surface area contributed by atoms with E-state index in [0.717, 1.165) is 73.7 Å². The van der Waals surface area contributed by atoms with Crippen LogP contribution in [0.3, 0.4) is 0 Å². The summed E-state index contributed by atoms with van der Waals surface area (Å²) in [5.74, 6) is -0.223. The number of nitrogens with one attached hydrogen (secondary N) is 2. The van der Waals surface area contributed by atoms with E-state index in [0.29, 0.717) is 32.5 Å². The summed E-state index contributed by atoms with van der Waals surface area (Å²) in [5.41, 5.74) is 2.86. The molecule has 2 saturated heterocycles. The van der Waals surface area contributed by atoms with Crippen LogP contribution in [0.1, 0.15) is 61.4 Å². The van der Waals surface area contributed by atoms with Crippen LogP contribution in [0.2, 0.25) is 0 Å². The number of morpholine rings is 1. The molecule has 11 heteroatoms. The lowest BCUT2D eigenvalue weighted by Gasteiger charge is -2.33. The molecule has 2 heterocycles. The van der Waals surface area contributed by atoms with Crippen LogP contribution >= 0.6 is 0 Å². The molecule has 3 aromatic rings. The van der Waals surface area contributed by atoms with Gasteiger partial charge >= 0.3 is 6.09 Å². The van der Waals surface area contributed by atoms with Crippen molar-refractivity contribution in [3.05, 3.63) is 101 Å². The fourth-order valence-electron chi connectivity index (χ4n) is 7.64. The van der Waals surface area contributed by atoms with Gasteiger partial charge in [-0.05, 0) is 80.3 Å². The molecule has 0 spiro atoms. The van der Waals surface area contributed by atoms with Crippen LogP contribution in [0.5, 0.6) is 5.75 Å². The Balaban J connectivity index is 1.17. The number of rotatable bonds is 16. The molecule has 0 aromatic heterocycles. The van der Waals surface area contributed by atoms with Crippen molar-refractivity contribution in [2.75, 3.05) is 46.1 Å². The smallest absolute Gasteiger partial charge is 0.408 e. The molecule has 0 saturated carbocycles. The van der Waals surface area contributed by atoms with Gasteiger partial charge in [0.05, 0.1) is 43.6 Å². The van der Waals surface area contributed by atoms with Crippen molar-refractivity contribution in [1.29, 1.82) is 0 Å². The SMILES string of the molecule is CC(C)(OC(=O)NC(Cc1ccccc1)C(O)CC(Cc1ccc(OCCN2CCOCC2)cc1)C(=O)N[C@H]1c2ccccc2C[C@@H]1O)C1CCCO1. The van der Waals surface area contributed by atoms with Gasteiger partial charge in [0.1, 0.15) is 18.0 Å². The van der Waals surface area contributed by atoms with Gasteiger partial charge in [-0.3, -0.25) is 9.69 Å². The monoisotopic (exact) mass is 729 g/mol. The van der Waals surface area contributed by atoms with E-state index in [1.165, 1.54) is 0 Å². The van der Waals surface area contributed by atoms with Crippen molar-refractivity contribution in [1.82, 2.24) is 15.5 Å². The Hall–Kier alpha value is -4.00. The normalized spacial score (nSPS) is 22.0. The van der Waals surface area contributed by atoms with E-state index in [9.17, 15) is 19.8 Å². The second kappa shape index (κ2) is 18.4. The zero-order valence-electron chi connectivity index (χ0n) is 31.0. The van der Waals surface area contributed by atoms with Gasteiger partial charge < -0.3 is 39.8 Å². The maximum Gasteiger partial charge on any atom is 0.408 e. The number of fused-ring (bicyclic) bond motifs is 1.